The number of H-pyrrole nitrogens is 1. The molecular weight excluding hydrogens is 384 g/mol. The Balaban J connectivity index is 0.000000217. The lowest BCUT2D eigenvalue weighted by Gasteiger charge is -1.90. The first-order valence-corrected chi connectivity index (χ1v) is 9.15. The minimum absolute atomic E-state index is 0.354. The summed E-state index contributed by atoms with van der Waals surface area (Å²) in [5, 5.41) is 26.3. The van der Waals surface area contributed by atoms with Crippen LogP contribution in [0.2, 0.25) is 0 Å². The molecule has 3 heterocycles. The summed E-state index contributed by atoms with van der Waals surface area (Å²) in [7, 11) is 4.86. The molecule has 0 saturated heterocycles. The monoisotopic (exact) mass is 410 g/mol. The third-order valence-electron chi connectivity index (χ3n) is 3.43. The number of rotatable bonds is 1. The summed E-state index contributed by atoms with van der Waals surface area (Å²) >= 11 is 0. The van der Waals surface area contributed by atoms with Crippen molar-refractivity contribution < 1.29 is 9.53 Å². The summed E-state index contributed by atoms with van der Waals surface area (Å²) in [4.78, 5) is 10.8. The number of carbonyl (C=O) groups excluding carboxylic acids is 1. The number of esters is 1. The number of nitrogens with one attached hydrogen (secondary N) is 1. The van der Waals surface area contributed by atoms with Gasteiger partial charge < -0.3 is 4.74 Å². The molecule has 10 heteroatoms. The third-order valence-corrected chi connectivity index (χ3v) is 3.43. The van der Waals surface area contributed by atoms with Crippen molar-refractivity contribution in [3.05, 3.63) is 59.7 Å². The van der Waals surface area contributed by atoms with E-state index >= 15 is 0 Å². The number of hydrogen-bond donors (Lipinski definition) is 1. The molecule has 0 atom stereocenters. The van der Waals surface area contributed by atoms with Crippen LogP contribution in [-0.2, 0) is 18.8 Å². The largest absolute Gasteiger partial charge is 0.465 e. The molecule has 10 nitrogen and oxygen atoms in total. The van der Waals surface area contributed by atoms with Crippen LogP contribution >= 0.6 is 0 Å². The lowest BCUT2D eigenvalue weighted by Crippen LogP contribution is -1.98. The highest BCUT2D eigenvalue weighted by atomic mass is 16.5. The zero-order valence-electron chi connectivity index (χ0n) is 18.0. The molecule has 4 rings (SSSR count). The van der Waals surface area contributed by atoms with Crippen molar-refractivity contribution in [3.63, 3.8) is 0 Å². The summed E-state index contributed by atoms with van der Waals surface area (Å²) in [5.74, 6) is -0.354. The number of nitrogens with zero attached hydrogens (tertiary/aromatic N) is 7. The van der Waals surface area contributed by atoms with E-state index < -0.39 is 0 Å². The number of hydrogen-bond acceptors (Lipinski definition) is 7. The van der Waals surface area contributed by atoms with Crippen LogP contribution in [0.3, 0.4) is 0 Å². The van der Waals surface area contributed by atoms with Crippen LogP contribution < -0.4 is 0 Å². The van der Waals surface area contributed by atoms with Crippen molar-refractivity contribution >= 4 is 17.0 Å². The van der Waals surface area contributed by atoms with Crippen molar-refractivity contribution in [3.8, 4) is 6.07 Å². The summed E-state index contributed by atoms with van der Waals surface area (Å²) in [6.45, 7) is 6.04. The molecule has 0 unspecified atom stereocenters. The van der Waals surface area contributed by atoms with E-state index in [4.69, 9.17) is 5.26 Å². The smallest absolute Gasteiger partial charge is 0.341 e. The summed E-state index contributed by atoms with van der Waals surface area (Å²) < 4.78 is 7.60. The molecule has 30 heavy (non-hydrogen) atoms. The molecule has 1 N–H and O–H groups in total. The van der Waals surface area contributed by atoms with E-state index in [1.165, 1.54) is 25.1 Å². The predicted octanol–water partition coefficient (Wildman–Crippen LogP) is 2.79. The average molecular weight is 410 g/mol. The number of aryl methyl sites for hydroxylation is 3. The first kappa shape index (κ1) is 24.0. The van der Waals surface area contributed by atoms with Gasteiger partial charge in [0.05, 0.1) is 30.6 Å². The van der Waals surface area contributed by atoms with Gasteiger partial charge in [0.15, 0.2) is 0 Å². The molecule has 0 fully saturated rings. The molecule has 3 aromatic heterocycles. The van der Waals surface area contributed by atoms with E-state index in [2.05, 4.69) is 30.3 Å². The molecule has 0 bridgehead atoms. The van der Waals surface area contributed by atoms with Crippen molar-refractivity contribution in [1.29, 1.82) is 5.26 Å². The lowest BCUT2D eigenvalue weighted by molar-refractivity contribution is 0.0600. The fraction of sp³-hybridized carbons (Fsp3) is 0.300. The van der Waals surface area contributed by atoms with Crippen molar-refractivity contribution in [2.45, 2.75) is 20.8 Å². The molecule has 1 aromatic carbocycles. The minimum atomic E-state index is -0.354. The van der Waals surface area contributed by atoms with Gasteiger partial charge in [-0.1, -0.05) is 19.9 Å². The standard InChI is InChI=1S/C7H7N3.C6H8N2O2.C5H5N3.C2H6/c1-5-2-3-6-7(4-5)9-10-8-6;1-8-4-5(3-7-8)6(9)10-2;1-8-4-5(2-6)3-7-8;1-2/h2-4H,1H3,(H,8,9,10);3-4H,1-2H3;3-4H,1H3;1-2H3. The first-order valence-electron chi connectivity index (χ1n) is 9.15. The number of methoxy groups -OCH3 is 1. The third kappa shape index (κ3) is 7.55. The zero-order valence-corrected chi connectivity index (χ0v) is 18.0. The minimum Gasteiger partial charge on any atom is -0.465 e. The average Bonchev–Trinajstić information content (AvgIpc) is 3.50. The van der Waals surface area contributed by atoms with Gasteiger partial charge in [0, 0.05) is 26.5 Å². The molecule has 158 valence electrons. The van der Waals surface area contributed by atoms with E-state index in [-0.39, 0.29) is 5.97 Å². The number of ether oxygens (including phenoxy) is 1. The second-order valence-electron chi connectivity index (χ2n) is 5.72. The number of aromatic amines is 1. The Morgan fingerprint density at radius 2 is 1.70 bits per heavy atom. The fourth-order valence-electron chi connectivity index (χ4n) is 2.07. The Morgan fingerprint density at radius 3 is 2.20 bits per heavy atom. The molecular formula is C20H26N8O2. The van der Waals surface area contributed by atoms with Crippen LogP contribution in [0, 0.1) is 18.3 Å². The van der Waals surface area contributed by atoms with Gasteiger partial charge in [0.25, 0.3) is 0 Å². The van der Waals surface area contributed by atoms with Crippen molar-refractivity contribution in [2.75, 3.05) is 7.11 Å². The van der Waals surface area contributed by atoms with Crippen LogP contribution in [0.4, 0.5) is 0 Å². The molecule has 0 radical (unpaired) electrons. The Morgan fingerprint density at radius 1 is 1.07 bits per heavy atom. The molecule has 0 spiro atoms. The second-order valence-corrected chi connectivity index (χ2v) is 5.72. The summed E-state index contributed by atoms with van der Waals surface area (Å²) in [6, 6.07) is 7.93. The van der Waals surface area contributed by atoms with Gasteiger partial charge >= 0.3 is 5.97 Å². The molecule has 0 aliphatic heterocycles. The van der Waals surface area contributed by atoms with E-state index in [0.717, 1.165) is 11.0 Å². The SMILES string of the molecule is CC.COC(=O)c1cnn(C)c1.Cc1ccc2n[nH]nc2c1.Cn1cc(C#N)cn1. The van der Waals surface area contributed by atoms with Crippen LogP contribution in [0.25, 0.3) is 11.0 Å². The van der Waals surface area contributed by atoms with E-state index in [9.17, 15) is 4.79 Å². The fourth-order valence-corrected chi connectivity index (χ4v) is 2.07. The second kappa shape index (κ2) is 12.5. The van der Waals surface area contributed by atoms with Gasteiger partial charge in [-0.2, -0.15) is 30.9 Å². The Hall–Kier alpha value is -4.00. The lowest BCUT2D eigenvalue weighted by atomic mass is 10.2. The van der Waals surface area contributed by atoms with Gasteiger partial charge in [-0.15, -0.1) is 0 Å². The molecule has 0 saturated carbocycles. The number of fused-ring (bicyclic) bond motifs is 1. The van der Waals surface area contributed by atoms with Gasteiger partial charge in [0.1, 0.15) is 17.1 Å². The maximum atomic E-state index is 10.8. The van der Waals surface area contributed by atoms with Crippen LogP contribution in [0.5, 0.6) is 0 Å². The Bertz CT molecular complexity index is 1090. The van der Waals surface area contributed by atoms with Gasteiger partial charge in [0.2, 0.25) is 0 Å². The van der Waals surface area contributed by atoms with Crippen LogP contribution in [0.1, 0.15) is 35.3 Å². The number of nitriles is 1. The summed E-state index contributed by atoms with van der Waals surface area (Å²) in [6.07, 6.45) is 6.26. The normalized spacial score (nSPS) is 9.10. The molecule has 0 amide bonds. The molecule has 4 aromatic rings. The Kier molecular flexibility index (Phi) is 9.98. The van der Waals surface area contributed by atoms with Crippen molar-refractivity contribution in [1.82, 2.24) is 35.0 Å². The molecule has 0 aliphatic rings. The van der Waals surface area contributed by atoms with Crippen LogP contribution in [0.15, 0.2) is 43.0 Å². The van der Waals surface area contributed by atoms with E-state index in [1.54, 1.807) is 35.9 Å². The number of benzene rings is 1. The first-order chi connectivity index (χ1) is 14.4. The number of carbonyl (C=O) groups is 1. The van der Waals surface area contributed by atoms with Crippen LogP contribution in [-0.4, -0.2) is 48.1 Å². The van der Waals surface area contributed by atoms with Crippen molar-refractivity contribution in [2.24, 2.45) is 14.1 Å². The van der Waals surface area contributed by atoms with E-state index in [1.807, 2.05) is 45.0 Å². The highest BCUT2D eigenvalue weighted by Gasteiger charge is 2.05. The maximum absolute atomic E-state index is 10.8. The number of aromatic nitrogens is 7. The predicted molar refractivity (Wildman–Crippen MR) is 112 cm³/mol. The maximum Gasteiger partial charge on any atom is 0.341 e. The van der Waals surface area contributed by atoms with Gasteiger partial charge in [-0.05, 0) is 24.6 Å². The molecule has 0 aliphatic carbocycles. The quantitative estimate of drug-likeness (QED) is 0.478. The van der Waals surface area contributed by atoms with Gasteiger partial charge in [-0.3, -0.25) is 9.36 Å². The Labute approximate surface area is 175 Å². The van der Waals surface area contributed by atoms with Gasteiger partial charge in [-0.25, -0.2) is 4.79 Å². The topological polar surface area (TPSA) is 127 Å². The van der Waals surface area contributed by atoms with E-state index in [0.29, 0.717) is 11.1 Å². The zero-order chi connectivity index (χ0) is 22.5. The highest BCUT2D eigenvalue weighted by Crippen LogP contribution is 2.08. The summed E-state index contributed by atoms with van der Waals surface area (Å²) in [5.41, 5.74) is 4.14. The highest BCUT2D eigenvalue weighted by molar-refractivity contribution is 5.88.